The Balaban J connectivity index is 1.45. The largest absolute Gasteiger partial charge is 0.378 e. The van der Waals surface area contributed by atoms with E-state index in [0.29, 0.717) is 6.54 Å². The van der Waals surface area contributed by atoms with Crippen molar-refractivity contribution in [2.45, 2.75) is 20.4 Å². The lowest BCUT2D eigenvalue weighted by Gasteiger charge is -2.33. The Kier molecular flexibility index (Phi) is 5.85. The molecule has 8 heteroatoms. The van der Waals surface area contributed by atoms with Crippen LogP contribution in [-0.4, -0.2) is 52.4 Å². The van der Waals surface area contributed by atoms with Gasteiger partial charge in [0, 0.05) is 38.1 Å². The van der Waals surface area contributed by atoms with Crippen molar-refractivity contribution in [1.29, 1.82) is 0 Å². The van der Waals surface area contributed by atoms with Gasteiger partial charge in [-0.05, 0) is 43.3 Å². The van der Waals surface area contributed by atoms with Crippen molar-refractivity contribution >= 4 is 33.8 Å². The van der Waals surface area contributed by atoms with Crippen LogP contribution in [0, 0.1) is 6.92 Å². The van der Waals surface area contributed by atoms with E-state index in [1.807, 2.05) is 31.3 Å². The number of aromatic nitrogens is 3. The third-order valence-electron chi connectivity index (χ3n) is 5.12. The van der Waals surface area contributed by atoms with Crippen LogP contribution in [0.4, 0.5) is 10.8 Å². The average molecular weight is 417 g/mol. The maximum Gasteiger partial charge on any atom is 0.218 e. The molecular formula is C20H25ClN6S. The molecule has 1 aromatic carbocycles. The number of halogens is 1. The van der Waals surface area contributed by atoms with Crippen LogP contribution in [0.25, 0.3) is 5.13 Å². The van der Waals surface area contributed by atoms with E-state index in [-0.39, 0.29) is 0 Å². The molecule has 0 aliphatic carbocycles. The van der Waals surface area contributed by atoms with Gasteiger partial charge in [-0.2, -0.15) is 0 Å². The molecule has 0 saturated carbocycles. The Labute approximate surface area is 174 Å². The lowest BCUT2D eigenvalue weighted by molar-refractivity contribution is 0.271. The molecule has 0 bridgehead atoms. The molecule has 4 rings (SSSR count). The minimum Gasteiger partial charge on any atom is -0.378 e. The summed E-state index contributed by atoms with van der Waals surface area (Å²) in [7, 11) is 0. The van der Waals surface area contributed by atoms with Crippen molar-refractivity contribution in [1.82, 2.24) is 19.7 Å². The van der Waals surface area contributed by atoms with E-state index in [4.69, 9.17) is 11.6 Å². The van der Waals surface area contributed by atoms with Crippen LogP contribution in [0.2, 0.25) is 5.02 Å². The molecule has 0 unspecified atom stereocenters. The highest BCUT2D eigenvalue weighted by atomic mass is 35.5. The summed E-state index contributed by atoms with van der Waals surface area (Å²) in [5, 5.41) is 14.9. The van der Waals surface area contributed by atoms with E-state index in [1.165, 1.54) is 0 Å². The van der Waals surface area contributed by atoms with Crippen molar-refractivity contribution in [3.8, 4) is 5.13 Å². The van der Waals surface area contributed by atoms with Gasteiger partial charge in [0.2, 0.25) is 10.3 Å². The maximum absolute atomic E-state index is 6.34. The fourth-order valence-corrected chi connectivity index (χ4v) is 4.60. The molecule has 3 heterocycles. The summed E-state index contributed by atoms with van der Waals surface area (Å²) in [6, 6.07) is 10.2. The second kappa shape index (κ2) is 8.51. The lowest BCUT2D eigenvalue weighted by Crippen LogP contribution is -2.46. The van der Waals surface area contributed by atoms with Crippen LogP contribution >= 0.6 is 22.9 Å². The molecule has 2 aromatic heterocycles. The number of nitrogens with one attached hydrogen (secondary N) is 1. The molecule has 0 radical (unpaired) electrons. The zero-order valence-corrected chi connectivity index (χ0v) is 17.8. The number of likely N-dealkylation sites (N-methyl/N-ethyl adjacent to an activating group) is 1. The van der Waals surface area contributed by atoms with E-state index >= 15 is 0 Å². The zero-order chi connectivity index (χ0) is 19.5. The van der Waals surface area contributed by atoms with Crippen LogP contribution in [0.5, 0.6) is 0 Å². The van der Waals surface area contributed by atoms with Crippen molar-refractivity contribution in [2.75, 3.05) is 42.9 Å². The van der Waals surface area contributed by atoms with Crippen molar-refractivity contribution in [2.24, 2.45) is 0 Å². The van der Waals surface area contributed by atoms with Gasteiger partial charge < -0.3 is 15.1 Å². The minimum absolute atomic E-state index is 0.667. The first-order valence-corrected chi connectivity index (χ1v) is 10.8. The minimum atomic E-state index is 0.667. The highest BCUT2D eigenvalue weighted by Gasteiger charge is 2.20. The molecule has 28 heavy (non-hydrogen) atoms. The highest BCUT2D eigenvalue weighted by molar-refractivity contribution is 7.17. The quantitative estimate of drug-likeness (QED) is 0.657. The van der Waals surface area contributed by atoms with E-state index < -0.39 is 0 Å². The smallest absolute Gasteiger partial charge is 0.218 e. The third kappa shape index (κ3) is 4.16. The number of hydrogen-bond donors (Lipinski definition) is 1. The SMILES string of the molecule is CCN1CCN(c2nnc(-n3cccc3CNc3ccc(C)cc3Cl)s2)CC1. The molecule has 1 aliphatic heterocycles. The third-order valence-corrected chi connectivity index (χ3v) is 6.41. The second-order valence-corrected chi connectivity index (χ2v) is 8.34. The van der Waals surface area contributed by atoms with Crippen LogP contribution < -0.4 is 10.2 Å². The lowest BCUT2D eigenvalue weighted by atomic mass is 10.2. The predicted octanol–water partition coefficient (Wildman–Crippen LogP) is 4.04. The van der Waals surface area contributed by atoms with Crippen molar-refractivity contribution in [3.05, 3.63) is 52.8 Å². The van der Waals surface area contributed by atoms with Crippen molar-refractivity contribution < 1.29 is 0 Å². The predicted molar refractivity (Wildman–Crippen MR) is 117 cm³/mol. The summed E-state index contributed by atoms with van der Waals surface area (Å²) in [6.45, 7) is 10.2. The average Bonchev–Trinajstić information content (AvgIpc) is 3.36. The van der Waals surface area contributed by atoms with Gasteiger partial charge in [-0.1, -0.05) is 35.9 Å². The standard InChI is InChI=1S/C20H25ClN6S/c1-3-25-9-11-26(12-10-25)19-23-24-20(28-19)27-8-4-5-16(27)14-22-18-7-6-15(2)13-17(18)21/h4-8,13,22H,3,9-12,14H2,1-2H3. The van der Waals surface area contributed by atoms with Gasteiger partial charge in [-0.15, -0.1) is 10.2 Å². The first-order chi connectivity index (χ1) is 13.6. The molecule has 148 valence electrons. The number of aryl methyl sites for hydroxylation is 1. The van der Waals surface area contributed by atoms with Crippen molar-refractivity contribution in [3.63, 3.8) is 0 Å². The van der Waals surface area contributed by atoms with Crippen LogP contribution in [0.15, 0.2) is 36.5 Å². The molecule has 6 nitrogen and oxygen atoms in total. The normalized spacial score (nSPS) is 15.2. The number of nitrogens with zero attached hydrogens (tertiary/aromatic N) is 5. The topological polar surface area (TPSA) is 49.2 Å². The Hall–Kier alpha value is -2.09. The molecule has 1 saturated heterocycles. The highest BCUT2D eigenvalue weighted by Crippen LogP contribution is 2.27. The summed E-state index contributed by atoms with van der Waals surface area (Å²) in [5.74, 6) is 0. The van der Waals surface area contributed by atoms with Gasteiger partial charge in [0.05, 0.1) is 17.3 Å². The van der Waals surface area contributed by atoms with Gasteiger partial charge >= 0.3 is 0 Å². The fraction of sp³-hybridized carbons (Fsp3) is 0.400. The van der Waals surface area contributed by atoms with Crippen LogP contribution in [0.1, 0.15) is 18.2 Å². The number of piperazine rings is 1. The number of benzene rings is 1. The summed E-state index contributed by atoms with van der Waals surface area (Å²) < 4.78 is 2.10. The molecule has 1 fully saturated rings. The van der Waals surface area contributed by atoms with Crippen LogP contribution in [-0.2, 0) is 6.54 Å². The van der Waals surface area contributed by atoms with E-state index in [0.717, 1.165) is 65.0 Å². The molecule has 3 aromatic rings. The Morgan fingerprint density at radius 3 is 2.64 bits per heavy atom. The Morgan fingerprint density at radius 1 is 1.11 bits per heavy atom. The first-order valence-electron chi connectivity index (χ1n) is 9.61. The molecule has 0 spiro atoms. The van der Waals surface area contributed by atoms with Gasteiger partial charge in [0.1, 0.15) is 0 Å². The van der Waals surface area contributed by atoms with Crippen LogP contribution in [0.3, 0.4) is 0 Å². The molecule has 0 amide bonds. The summed E-state index contributed by atoms with van der Waals surface area (Å²) in [6.07, 6.45) is 2.03. The van der Waals surface area contributed by atoms with E-state index in [2.05, 4.69) is 48.9 Å². The molecular weight excluding hydrogens is 392 g/mol. The zero-order valence-electron chi connectivity index (χ0n) is 16.2. The summed E-state index contributed by atoms with van der Waals surface area (Å²) in [5.41, 5.74) is 3.21. The fourth-order valence-electron chi connectivity index (χ4n) is 3.38. The van der Waals surface area contributed by atoms with E-state index in [9.17, 15) is 0 Å². The van der Waals surface area contributed by atoms with Gasteiger partial charge in [0.15, 0.2) is 0 Å². The summed E-state index contributed by atoms with van der Waals surface area (Å²) >= 11 is 7.98. The number of anilines is 2. The number of rotatable bonds is 6. The Bertz CT molecular complexity index is 928. The first kappa shape index (κ1) is 19.2. The monoisotopic (exact) mass is 416 g/mol. The van der Waals surface area contributed by atoms with Gasteiger partial charge in [-0.3, -0.25) is 4.57 Å². The van der Waals surface area contributed by atoms with Gasteiger partial charge in [0.25, 0.3) is 0 Å². The molecule has 1 N–H and O–H groups in total. The second-order valence-electron chi connectivity index (χ2n) is 6.99. The molecule has 0 atom stereocenters. The Morgan fingerprint density at radius 2 is 1.89 bits per heavy atom. The van der Waals surface area contributed by atoms with E-state index in [1.54, 1.807) is 11.3 Å². The summed E-state index contributed by atoms with van der Waals surface area (Å²) in [4.78, 5) is 4.80. The maximum atomic E-state index is 6.34. The van der Waals surface area contributed by atoms with Gasteiger partial charge in [-0.25, -0.2) is 0 Å². The molecule has 1 aliphatic rings. The number of hydrogen-bond acceptors (Lipinski definition) is 6.